The van der Waals surface area contributed by atoms with Crippen LogP contribution in [0.4, 0.5) is 4.79 Å². The first-order valence-electron chi connectivity index (χ1n) is 5.46. The molecule has 1 aliphatic carbocycles. The van der Waals surface area contributed by atoms with Crippen LogP contribution in [-0.4, -0.2) is 17.0 Å². The van der Waals surface area contributed by atoms with E-state index in [2.05, 4.69) is 0 Å². The summed E-state index contributed by atoms with van der Waals surface area (Å²) in [6.07, 6.45) is 7.23. The fourth-order valence-electron chi connectivity index (χ4n) is 2.16. The lowest BCUT2D eigenvalue weighted by atomic mass is 10.2. The molecule has 0 saturated heterocycles. The number of nitrogens with two attached hydrogens (primary N) is 1. The fraction of sp³-hybridized carbons (Fsp3) is 0.417. The molecule has 0 radical (unpaired) electrons. The summed E-state index contributed by atoms with van der Waals surface area (Å²) in [6.45, 7) is 3.89. The van der Waals surface area contributed by atoms with Crippen molar-refractivity contribution >= 4 is 6.03 Å². The molecule has 0 spiro atoms. The van der Waals surface area contributed by atoms with E-state index < -0.39 is 6.03 Å². The molecule has 4 heteroatoms. The molecule has 0 bridgehead atoms. The van der Waals surface area contributed by atoms with E-state index >= 15 is 0 Å². The number of hydrogen-bond acceptors (Lipinski definition) is 2. The van der Waals surface area contributed by atoms with Crippen LogP contribution in [0.25, 0.3) is 0 Å². The molecule has 16 heavy (non-hydrogen) atoms. The highest BCUT2D eigenvalue weighted by molar-refractivity contribution is 5.75. The summed E-state index contributed by atoms with van der Waals surface area (Å²) in [7, 11) is 0. The first-order valence-corrected chi connectivity index (χ1v) is 5.46. The molecule has 2 rings (SSSR count). The number of ether oxygens (including phenoxy) is 1. The number of primary amides is 1. The van der Waals surface area contributed by atoms with Crippen LogP contribution >= 0.6 is 0 Å². The lowest BCUT2D eigenvalue weighted by Crippen LogP contribution is -2.40. The second-order valence-electron chi connectivity index (χ2n) is 4.22. The van der Waals surface area contributed by atoms with Crippen LogP contribution in [0.1, 0.15) is 26.7 Å². The Bertz CT molecular complexity index is 405. The molecular formula is C12H16N2O2. The molecule has 1 heterocycles. The number of hydrogen-bond donors (Lipinski definition) is 1. The molecule has 2 amide bonds. The van der Waals surface area contributed by atoms with Crippen molar-refractivity contribution in [2.24, 2.45) is 5.73 Å². The van der Waals surface area contributed by atoms with Gasteiger partial charge in [-0.25, -0.2) is 4.79 Å². The Hall–Kier alpha value is -1.71. The number of urea groups is 1. The van der Waals surface area contributed by atoms with Crippen molar-refractivity contribution in [2.45, 2.75) is 32.7 Å². The zero-order valence-corrected chi connectivity index (χ0v) is 9.56. The summed E-state index contributed by atoms with van der Waals surface area (Å²) >= 11 is 0. The summed E-state index contributed by atoms with van der Waals surface area (Å²) in [6, 6.07) is -0.370. The van der Waals surface area contributed by atoms with E-state index in [1.165, 1.54) is 0 Å². The molecule has 2 N–H and O–H groups in total. The summed E-state index contributed by atoms with van der Waals surface area (Å²) in [5.41, 5.74) is 7.44. The van der Waals surface area contributed by atoms with Gasteiger partial charge >= 0.3 is 6.03 Å². The van der Waals surface area contributed by atoms with Crippen molar-refractivity contribution in [1.29, 1.82) is 0 Å². The SMILES string of the molecule is CC(C)N(C(N)=O)C1=C2OC=CC=C2CC1. The maximum Gasteiger partial charge on any atom is 0.319 e. The number of nitrogens with zero attached hydrogens (tertiary/aromatic N) is 1. The van der Waals surface area contributed by atoms with Crippen LogP contribution in [0.15, 0.2) is 35.4 Å². The van der Waals surface area contributed by atoms with Crippen LogP contribution < -0.4 is 5.73 Å². The Morgan fingerprint density at radius 2 is 2.25 bits per heavy atom. The van der Waals surface area contributed by atoms with E-state index in [0.717, 1.165) is 29.9 Å². The summed E-state index contributed by atoms with van der Waals surface area (Å²) in [4.78, 5) is 13.0. The molecule has 1 aliphatic heterocycles. The van der Waals surface area contributed by atoms with Crippen LogP contribution in [0.3, 0.4) is 0 Å². The van der Waals surface area contributed by atoms with Crippen molar-refractivity contribution in [1.82, 2.24) is 4.90 Å². The van der Waals surface area contributed by atoms with E-state index in [4.69, 9.17) is 10.5 Å². The molecule has 0 aromatic carbocycles. The molecular weight excluding hydrogens is 204 g/mol. The lowest BCUT2D eigenvalue weighted by molar-refractivity contribution is 0.205. The Kier molecular flexibility index (Phi) is 2.73. The third-order valence-electron chi connectivity index (χ3n) is 2.79. The van der Waals surface area contributed by atoms with Gasteiger partial charge in [0.15, 0.2) is 0 Å². The average Bonchev–Trinajstić information content (AvgIpc) is 2.61. The minimum atomic E-state index is -0.420. The van der Waals surface area contributed by atoms with Gasteiger partial charge in [0.2, 0.25) is 0 Å². The van der Waals surface area contributed by atoms with Gasteiger partial charge in [0.05, 0.1) is 12.0 Å². The van der Waals surface area contributed by atoms with Crippen molar-refractivity contribution < 1.29 is 9.53 Å². The molecule has 2 aliphatic rings. The fourth-order valence-corrected chi connectivity index (χ4v) is 2.16. The van der Waals surface area contributed by atoms with Crippen LogP contribution in [0.2, 0.25) is 0 Å². The van der Waals surface area contributed by atoms with E-state index in [-0.39, 0.29) is 6.04 Å². The van der Waals surface area contributed by atoms with Gasteiger partial charge in [0.1, 0.15) is 5.76 Å². The molecule has 86 valence electrons. The topological polar surface area (TPSA) is 55.6 Å². The number of rotatable bonds is 2. The van der Waals surface area contributed by atoms with E-state index in [0.29, 0.717) is 0 Å². The number of carbonyl (C=O) groups is 1. The lowest BCUT2D eigenvalue weighted by Gasteiger charge is -2.26. The van der Waals surface area contributed by atoms with Gasteiger partial charge in [0.25, 0.3) is 0 Å². The Labute approximate surface area is 95.0 Å². The monoisotopic (exact) mass is 220 g/mol. The number of allylic oxidation sites excluding steroid dienone is 4. The first-order chi connectivity index (χ1) is 7.61. The van der Waals surface area contributed by atoms with Crippen LogP contribution in [-0.2, 0) is 4.74 Å². The normalized spacial score (nSPS) is 18.3. The zero-order chi connectivity index (χ0) is 11.7. The van der Waals surface area contributed by atoms with Gasteiger partial charge in [-0.15, -0.1) is 0 Å². The van der Waals surface area contributed by atoms with Gasteiger partial charge < -0.3 is 10.5 Å². The maximum atomic E-state index is 11.4. The van der Waals surface area contributed by atoms with Crippen molar-refractivity contribution in [2.75, 3.05) is 0 Å². The predicted octanol–water partition coefficient (Wildman–Crippen LogP) is 2.25. The highest BCUT2D eigenvalue weighted by atomic mass is 16.5. The van der Waals surface area contributed by atoms with Gasteiger partial charge in [-0.1, -0.05) is 6.08 Å². The largest absolute Gasteiger partial charge is 0.463 e. The third-order valence-corrected chi connectivity index (χ3v) is 2.79. The molecule has 0 aromatic heterocycles. The van der Waals surface area contributed by atoms with Gasteiger partial charge in [-0.2, -0.15) is 0 Å². The van der Waals surface area contributed by atoms with Gasteiger partial charge in [-0.3, -0.25) is 4.90 Å². The minimum absolute atomic E-state index is 0.0499. The zero-order valence-electron chi connectivity index (χ0n) is 9.56. The maximum absolute atomic E-state index is 11.4. The highest BCUT2D eigenvalue weighted by Gasteiger charge is 2.30. The van der Waals surface area contributed by atoms with Crippen molar-refractivity contribution in [3.63, 3.8) is 0 Å². The Morgan fingerprint density at radius 1 is 1.50 bits per heavy atom. The van der Waals surface area contributed by atoms with Crippen LogP contribution in [0, 0.1) is 0 Å². The summed E-state index contributed by atoms with van der Waals surface area (Å²) in [5, 5.41) is 0. The molecule has 4 nitrogen and oxygen atoms in total. The number of fused-ring (bicyclic) bond motifs is 1. The quantitative estimate of drug-likeness (QED) is 0.776. The van der Waals surface area contributed by atoms with E-state index in [1.807, 2.05) is 26.0 Å². The summed E-state index contributed by atoms with van der Waals surface area (Å²) < 4.78 is 5.48. The average molecular weight is 220 g/mol. The molecule has 0 fully saturated rings. The third kappa shape index (κ3) is 1.71. The molecule has 0 atom stereocenters. The Morgan fingerprint density at radius 3 is 2.88 bits per heavy atom. The standard InChI is InChI=1S/C12H16N2O2/c1-8(2)14(12(13)15)10-6-5-9-4-3-7-16-11(9)10/h3-4,7-8H,5-6H2,1-2H3,(H2,13,15). The van der Waals surface area contributed by atoms with Crippen molar-refractivity contribution in [3.8, 4) is 0 Å². The van der Waals surface area contributed by atoms with Crippen LogP contribution in [0.5, 0.6) is 0 Å². The minimum Gasteiger partial charge on any atom is -0.463 e. The summed E-state index contributed by atoms with van der Waals surface area (Å²) in [5.74, 6) is 0.801. The van der Waals surface area contributed by atoms with E-state index in [1.54, 1.807) is 11.2 Å². The second-order valence-corrected chi connectivity index (χ2v) is 4.22. The predicted molar refractivity (Wildman–Crippen MR) is 61.1 cm³/mol. The smallest absolute Gasteiger partial charge is 0.319 e. The van der Waals surface area contributed by atoms with Gasteiger partial charge in [-0.05, 0) is 38.3 Å². The van der Waals surface area contributed by atoms with E-state index in [9.17, 15) is 4.79 Å². The number of amides is 2. The van der Waals surface area contributed by atoms with Crippen molar-refractivity contribution in [3.05, 3.63) is 35.4 Å². The highest BCUT2D eigenvalue weighted by Crippen LogP contribution is 2.36. The Balaban J connectivity index is 2.37. The molecule has 0 aromatic rings. The molecule has 0 saturated carbocycles. The number of carbonyl (C=O) groups excluding carboxylic acids is 1. The second kappa shape index (κ2) is 4.04. The van der Waals surface area contributed by atoms with Gasteiger partial charge in [0, 0.05) is 6.04 Å². The first kappa shape index (κ1) is 10.8. The molecule has 0 unspecified atom stereocenters.